The van der Waals surface area contributed by atoms with Crippen LogP contribution in [0.2, 0.25) is 0 Å². The Labute approximate surface area is 274 Å². The van der Waals surface area contributed by atoms with Crippen LogP contribution in [-0.2, 0) is 43.0 Å². The molecule has 1 aromatic carbocycles. The van der Waals surface area contributed by atoms with Crippen LogP contribution in [0.25, 0.3) is 0 Å². The molecule has 45 heavy (non-hydrogen) atoms. The van der Waals surface area contributed by atoms with Gasteiger partial charge in [-0.25, -0.2) is 0 Å². The quantitative estimate of drug-likeness (QED) is 0.216. The number of likely N-dealkylation sites (tertiary alicyclic amines) is 1. The molecule has 248 valence electrons. The maximum Gasteiger partial charge on any atom is 0.312 e. The summed E-state index contributed by atoms with van der Waals surface area (Å²) in [4.78, 5) is 55.5. The van der Waals surface area contributed by atoms with Crippen molar-refractivity contribution in [1.29, 1.82) is 0 Å². The van der Waals surface area contributed by atoms with Gasteiger partial charge in [0.2, 0.25) is 5.91 Å². The van der Waals surface area contributed by atoms with E-state index in [2.05, 4.69) is 15.9 Å². The molecule has 0 N–H and O–H groups in total. The highest BCUT2D eigenvalue weighted by atomic mass is 79.9. The summed E-state index contributed by atoms with van der Waals surface area (Å²) in [7, 11) is -2.92. The first-order chi connectivity index (χ1) is 21.1. The average Bonchev–Trinajstić information content (AvgIpc) is 3.78. The minimum atomic E-state index is -4.21. The van der Waals surface area contributed by atoms with Crippen molar-refractivity contribution < 1.29 is 41.3 Å². The van der Waals surface area contributed by atoms with Gasteiger partial charge in [-0.1, -0.05) is 50.0 Å². The van der Waals surface area contributed by atoms with Crippen LogP contribution < -0.4 is 0 Å². The summed E-state index contributed by atoms with van der Waals surface area (Å²) in [6.45, 7) is 7.36. The summed E-state index contributed by atoms with van der Waals surface area (Å²) >= 11 is 3.29. The van der Waals surface area contributed by atoms with E-state index >= 15 is 0 Å². The average molecular weight is 711 g/mol. The number of esters is 2. The number of hydrogen-bond donors (Lipinski definition) is 0. The number of halogens is 1. The Hall–Kier alpha value is -2.31. The van der Waals surface area contributed by atoms with E-state index in [1.807, 2.05) is 27.7 Å². The van der Waals surface area contributed by atoms with E-state index in [0.717, 1.165) is 12.8 Å². The molecule has 0 radical (unpaired) electrons. The van der Waals surface area contributed by atoms with Crippen molar-refractivity contribution in [3.8, 4) is 0 Å². The van der Waals surface area contributed by atoms with Gasteiger partial charge in [0.15, 0.2) is 5.78 Å². The van der Waals surface area contributed by atoms with Gasteiger partial charge < -0.3 is 14.4 Å². The van der Waals surface area contributed by atoms with Crippen molar-refractivity contribution in [2.45, 2.75) is 102 Å². The molecular formula is C33H44BrNO9S. The van der Waals surface area contributed by atoms with Gasteiger partial charge in [-0.2, -0.15) is 8.42 Å². The minimum absolute atomic E-state index is 0.0111. The molecule has 0 aromatic heterocycles. The molecule has 12 heteroatoms. The molecule has 1 heterocycles. The number of amides is 1. The van der Waals surface area contributed by atoms with Crippen LogP contribution in [0.15, 0.2) is 33.6 Å². The second-order valence-electron chi connectivity index (χ2n) is 14.4. The van der Waals surface area contributed by atoms with E-state index in [0.29, 0.717) is 29.2 Å². The minimum Gasteiger partial charge on any atom is -0.469 e. The van der Waals surface area contributed by atoms with Crippen molar-refractivity contribution in [2.24, 2.45) is 34.5 Å². The molecule has 1 aromatic rings. The maximum atomic E-state index is 14.3. The SMILES string of the molecule is CC[C@H]1C[C@]1(CC(=O)[C@@H]1C[C@H](OS(=O)(=O)c2ccc(Br)cc2)CN1C(=O)[C@@H](CC(=O)OC1C[C@@H]2C[C@@H]2C1)C(C)(C)C)C(=O)OC. The smallest absolute Gasteiger partial charge is 0.312 e. The molecule has 0 spiro atoms. The number of hydrogen-bond acceptors (Lipinski definition) is 9. The molecular weight excluding hydrogens is 666 g/mol. The Balaban J connectivity index is 1.37. The fraction of sp³-hybridized carbons (Fsp3) is 0.697. The molecule has 3 aliphatic carbocycles. The summed E-state index contributed by atoms with van der Waals surface area (Å²) in [5.74, 6) is -1.25. The number of methoxy groups -OCH3 is 1. The normalized spacial score (nSPS) is 31.2. The molecule has 10 nitrogen and oxygen atoms in total. The lowest BCUT2D eigenvalue weighted by Gasteiger charge is -2.35. The van der Waals surface area contributed by atoms with Crippen LogP contribution >= 0.6 is 15.9 Å². The molecule has 1 amide bonds. The third-order valence-corrected chi connectivity index (χ3v) is 12.2. The number of rotatable bonds is 12. The lowest BCUT2D eigenvalue weighted by Crippen LogP contribution is -2.48. The van der Waals surface area contributed by atoms with E-state index in [9.17, 15) is 27.6 Å². The van der Waals surface area contributed by atoms with Gasteiger partial charge >= 0.3 is 11.9 Å². The van der Waals surface area contributed by atoms with Gasteiger partial charge in [0.25, 0.3) is 10.1 Å². The molecule has 1 unspecified atom stereocenters. The number of carbonyl (C=O) groups excluding carboxylic acids is 4. The summed E-state index contributed by atoms with van der Waals surface area (Å²) in [6.07, 6.45) is 2.68. The third-order valence-electron chi connectivity index (χ3n) is 10.3. The predicted molar refractivity (Wildman–Crippen MR) is 167 cm³/mol. The molecule has 5 rings (SSSR count). The first-order valence-corrected chi connectivity index (χ1v) is 18.1. The van der Waals surface area contributed by atoms with E-state index in [1.54, 1.807) is 12.1 Å². The van der Waals surface area contributed by atoms with Crippen molar-refractivity contribution in [3.63, 3.8) is 0 Å². The number of carbonyl (C=O) groups is 4. The van der Waals surface area contributed by atoms with Crippen molar-refractivity contribution in [1.82, 2.24) is 4.90 Å². The van der Waals surface area contributed by atoms with Gasteiger partial charge in [0.1, 0.15) is 6.10 Å². The topological polar surface area (TPSA) is 133 Å². The number of fused-ring (bicyclic) bond motifs is 1. The van der Waals surface area contributed by atoms with Gasteiger partial charge in [-0.05, 0) is 73.1 Å². The number of benzene rings is 1. The van der Waals surface area contributed by atoms with Gasteiger partial charge in [0.05, 0.1) is 41.9 Å². The highest BCUT2D eigenvalue weighted by Gasteiger charge is 2.62. The largest absolute Gasteiger partial charge is 0.469 e. The molecule has 0 bridgehead atoms. The molecule has 4 aliphatic rings. The van der Waals surface area contributed by atoms with E-state index in [4.69, 9.17) is 13.7 Å². The molecule has 3 saturated carbocycles. The Bertz CT molecular complexity index is 1430. The van der Waals surface area contributed by atoms with E-state index in [1.165, 1.54) is 30.6 Å². The first-order valence-electron chi connectivity index (χ1n) is 15.9. The van der Waals surface area contributed by atoms with Crippen molar-refractivity contribution in [3.05, 3.63) is 28.7 Å². The zero-order valence-electron chi connectivity index (χ0n) is 26.6. The molecule has 1 saturated heterocycles. The second-order valence-corrected chi connectivity index (χ2v) is 16.9. The summed E-state index contributed by atoms with van der Waals surface area (Å²) in [6, 6.07) is 4.96. The van der Waals surface area contributed by atoms with Crippen LogP contribution in [-0.4, -0.2) is 68.9 Å². The Morgan fingerprint density at radius 2 is 1.67 bits per heavy atom. The number of ketones is 1. The maximum absolute atomic E-state index is 14.3. The Kier molecular flexibility index (Phi) is 9.61. The summed E-state index contributed by atoms with van der Waals surface area (Å²) in [5, 5.41) is 0. The standard InChI is InChI=1S/C33H44BrNO9S/c1-6-21-16-33(21,31(39)42-5)17-28(36)27-14-24(44-45(40,41)25-9-7-22(34)8-10-25)18-35(27)30(38)26(32(2,3)4)15-29(37)43-23-12-19-11-20(19)13-23/h7-10,19-21,23-24,26-27H,6,11-18H2,1-5H3/t19-,20+,21-,23?,24-,26+,27-,33+/m0/s1. The van der Waals surface area contributed by atoms with Crippen molar-refractivity contribution in [2.75, 3.05) is 13.7 Å². The van der Waals surface area contributed by atoms with Crippen LogP contribution in [0.4, 0.5) is 0 Å². The lowest BCUT2D eigenvalue weighted by atomic mass is 9.77. The van der Waals surface area contributed by atoms with Crippen LogP contribution in [0.3, 0.4) is 0 Å². The molecule has 1 aliphatic heterocycles. The fourth-order valence-electron chi connectivity index (χ4n) is 7.46. The zero-order chi connectivity index (χ0) is 32.9. The number of Topliss-reactive ketones (excluding diaryl/α,β-unsaturated/α-hetero) is 1. The van der Waals surface area contributed by atoms with Crippen LogP contribution in [0, 0.1) is 34.5 Å². The molecule has 4 fully saturated rings. The van der Waals surface area contributed by atoms with Crippen LogP contribution in [0.1, 0.15) is 79.1 Å². The number of ether oxygens (including phenoxy) is 2. The summed E-state index contributed by atoms with van der Waals surface area (Å²) < 4.78 is 43.5. The zero-order valence-corrected chi connectivity index (χ0v) is 29.0. The monoisotopic (exact) mass is 709 g/mol. The fourth-order valence-corrected chi connectivity index (χ4v) is 8.80. The van der Waals surface area contributed by atoms with E-state index < -0.39 is 56.9 Å². The highest BCUT2D eigenvalue weighted by Crippen LogP contribution is 2.58. The lowest BCUT2D eigenvalue weighted by molar-refractivity contribution is -0.157. The van der Waals surface area contributed by atoms with E-state index in [-0.39, 0.29) is 48.5 Å². The third kappa shape index (κ3) is 7.32. The van der Waals surface area contributed by atoms with Gasteiger partial charge in [0, 0.05) is 23.9 Å². The van der Waals surface area contributed by atoms with Crippen molar-refractivity contribution >= 4 is 49.7 Å². The van der Waals surface area contributed by atoms with Gasteiger partial charge in [-0.3, -0.25) is 23.4 Å². The Morgan fingerprint density at radius 3 is 2.22 bits per heavy atom. The predicted octanol–water partition coefficient (Wildman–Crippen LogP) is 5.07. The highest BCUT2D eigenvalue weighted by molar-refractivity contribution is 9.10. The summed E-state index contributed by atoms with van der Waals surface area (Å²) in [5.41, 5.74) is -1.62. The molecule has 8 atom stereocenters. The van der Waals surface area contributed by atoms with Crippen LogP contribution in [0.5, 0.6) is 0 Å². The first kappa shape index (κ1) is 34.0. The van der Waals surface area contributed by atoms with Gasteiger partial charge in [-0.15, -0.1) is 0 Å². The Morgan fingerprint density at radius 1 is 1.02 bits per heavy atom. The number of nitrogens with zero attached hydrogens (tertiary/aromatic N) is 1. The second kappa shape index (κ2) is 12.7.